The Kier molecular flexibility index (Phi) is 6.32. The molecule has 5 rings (SSSR count). The van der Waals surface area contributed by atoms with Crippen LogP contribution in [-0.2, 0) is 9.59 Å². The maximum absolute atomic E-state index is 13.2. The highest BCUT2D eigenvalue weighted by Gasteiger charge is 2.33. The SMILES string of the molecule is CC1=NN(c2ccccc2)C(=O)C1=Nc1c(C)c(C)c(N=C2C(=O)N(c3ccccc3)N=C2C)c(C)c1C. The number of benzene rings is 3. The van der Waals surface area contributed by atoms with E-state index in [1.807, 2.05) is 88.4 Å². The molecule has 190 valence electrons. The van der Waals surface area contributed by atoms with Gasteiger partial charge in [0.25, 0.3) is 11.8 Å². The molecule has 0 N–H and O–H groups in total. The average Bonchev–Trinajstić information content (AvgIpc) is 3.37. The van der Waals surface area contributed by atoms with Gasteiger partial charge < -0.3 is 0 Å². The number of amides is 2. The molecule has 0 radical (unpaired) electrons. The summed E-state index contributed by atoms with van der Waals surface area (Å²) in [5, 5.41) is 11.7. The van der Waals surface area contributed by atoms with E-state index in [0.717, 1.165) is 22.3 Å². The Morgan fingerprint density at radius 1 is 0.526 bits per heavy atom. The smallest absolute Gasteiger partial charge is 0.265 e. The molecule has 8 nitrogen and oxygen atoms in total. The Balaban J connectivity index is 1.53. The number of rotatable bonds is 4. The Morgan fingerprint density at radius 2 is 0.842 bits per heavy atom. The zero-order valence-corrected chi connectivity index (χ0v) is 22.3. The number of hydrazone groups is 2. The van der Waals surface area contributed by atoms with Crippen LogP contribution in [0.1, 0.15) is 36.1 Å². The van der Waals surface area contributed by atoms with Crippen LogP contribution in [0, 0.1) is 27.7 Å². The zero-order chi connectivity index (χ0) is 27.1. The lowest BCUT2D eigenvalue weighted by atomic mass is 9.95. The number of carbonyl (C=O) groups excluding carboxylic acids is 2. The van der Waals surface area contributed by atoms with E-state index in [9.17, 15) is 9.59 Å². The predicted octanol–water partition coefficient (Wildman–Crippen LogP) is 5.91. The number of nitrogens with zero attached hydrogens (tertiary/aromatic N) is 6. The van der Waals surface area contributed by atoms with E-state index < -0.39 is 0 Å². The second-order valence-corrected chi connectivity index (χ2v) is 9.39. The maximum Gasteiger partial charge on any atom is 0.299 e. The fourth-order valence-corrected chi connectivity index (χ4v) is 4.57. The predicted molar refractivity (Wildman–Crippen MR) is 154 cm³/mol. The lowest BCUT2D eigenvalue weighted by molar-refractivity contribution is -0.112. The lowest BCUT2D eigenvalue weighted by Crippen LogP contribution is -2.27. The molecule has 0 atom stereocenters. The van der Waals surface area contributed by atoms with Crippen molar-refractivity contribution < 1.29 is 9.59 Å². The quantitative estimate of drug-likeness (QED) is 0.442. The summed E-state index contributed by atoms with van der Waals surface area (Å²) < 4.78 is 0. The Morgan fingerprint density at radius 3 is 1.16 bits per heavy atom. The zero-order valence-electron chi connectivity index (χ0n) is 22.3. The average molecular weight is 505 g/mol. The number of hydrogen-bond acceptors (Lipinski definition) is 6. The van der Waals surface area contributed by atoms with E-state index in [2.05, 4.69) is 10.2 Å². The molecule has 0 saturated heterocycles. The molecule has 2 amide bonds. The minimum Gasteiger partial charge on any atom is -0.265 e. The van der Waals surface area contributed by atoms with Gasteiger partial charge in [-0.1, -0.05) is 36.4 Å². The van der Waals surface area contributed by atoms with Gasteiger partial charge in [0.1, 0.15) is 0 Å². The highest BCUT2D eigenvalue weighted by atomic mass is 16.2. The summed E-state index contributed by atoms with van der Waals surface area (Å²) in [5.41, 5.74) is 8.10. The summed E-state index contributed by atoms with van der Waals surface area (Å²) in [4.78, 5) is 36.1. The van der Waals surface area contributed by atoms with Crippen molar-refractivity contribution in [3.63, 3.8) is 0 Å². The van der Waals surface area contributed by atoms with Gasteiger partial charge in [-0.15, -0.1) is 0 Å². The topological polar surface area (TPSA) is 90.1 Å². The van der Waals surface area contributed by atoms with Crippen LogP contribution in [0.2, 0.25) is 0 Å². The molecule has 0 bridgehead atoms. The van der Waals surface area contributed by atoms with E-state index >= 15 is 0 Å². The third-order valence-corrected chi connectivity index (χ3v) is 6.97. The summed E-state index contributed by atoms with van der Waals surface area (Å²) in [5.74, 6) is -0.534. The molecule has 0 aromatic heterocycles. The van der Waals surface area contributed by atoms with Gasteiger partial charge in [0, 0.05) is 0 Å². The summed E-state index contributed by atoms with van der Waals surface area (Å²) >= 11 is 0. The Labute approximate surface area is 221 Å². The van der Waals surface area contributed by atoms with Gasteiger partial charge in [0.15, 0.2) is 11.4 Å². The standard InChI is InChI=1S/C30H28N6O2/c1-17-18(2)26(32-28-22(6)34-36(30(28)38)24-15-11-8-12-16-24)20(4)19(3)25(17)31-27-21(5)33-35(29(27)37)23-13-9-7-10-14-23/h7-16H,1-6H3. The minimum atomic E-state index is -0.267. The molecule has 0 saturated carbocycles. The van der Waals surface area contributed by atoms with Crippen LogP contribution >= 0.6 is 0 Å². The summed E-state index contributed by atoms with van der Waals surface area (Å²) in [7, 11) is 0. The van der Waals surface area contributed by atoms with Crippen LogP contribution in [0.3, 0.4) is 0 Å². The molecule has 0 unspecified atom stereocenters. The molecule has 8 heteroatoms. The van der Waals surface area contributed by atoms with Crippen molar-refractivity contribution in [2.75, 3.05) is 10.0 Å². The van der Waals surface area contributed by atoms with Gasteiger partial charge in [0.05, 0.1) is 34.2 Å². The number of hydrogen-bond donors (Lipinski definition) is 0. The molecule has 0 spiro atoms. The van der Waals surface area contributed by atoms with Crippen molar-refractivity contribution in [1.29, 1.82) is 0 Å². The fraction of sp³-hybridized carbons (Fsp3) is 0.200. The molecule has 38 heavy (non-hydrogen) atoms. The number of aliphatic imine (C=N–C) groups is 2. The lowest BCUT2D eigenvalue weighted by Gasteiger charge is -2.17. The fourth-order valence-electron chi connectivity index (χ4n) is 4.57. The number of para-hydroxylation sites is 2. The largest absolute Gasteiger partial charge is 0.299 e. The maximum atomic E-state index is 13.2. The van der Waals surface area contributed by atoms with Crippen molar-refractivity contribution in [3.8, 4) is 0 Å². The van der Waals surface area contributed by atoms with Crippen LogP contribution in [0.25, 0.3) is 0 Å². The van der Waals surface area contributed by atoms with E-state index in [-0.39, 0.29) is 11.8 Å². The van der Waals surface area contributed by atoms with Gasteiger partial charge in [-0.2, -0.15) is 20.2 Å². The molecule has 0 fully saturated rings. The van der Waals surface area contributed by atoms with Crippen molar-refractivity contribution >= 4 is 57.4 Å². The summed E-state index contributed by atoms with van der Waals surface area (Å²) in [6.45, 7) is 11.4. The van der Waals surface area contributed by atoms with Crippen LogP contribution in [0.15, 0.2) is 80.9 Å². The highest BCUT2D eigenvalue weighted by Crippen LogP contribution is 2.38. The Bertz CT molecular complexity index is 1450. The second-order valence-electron chi connectivity index (χ2n) is 9.39. The molecule has 2 aliphatic heterocycles. The first-order valence-electron chi connectivity index (χ1n) is 12.4. The first-order chi connectivity index (χ1) is 18.2. The third-order valence-electron chi connectivity index (χ3n) is 6.97. The number of carbonyl (C=O) groups is 2. The van der Waals surface area contributed by atoms with E-state index in [1.54, 1.807) is 13.8 Å². The van der Waals surface area contributed by atoms with E-state index in [0.29, 0.717) is 45.6 Å². The molecular weight excluding hydrogens is 476 g/mol. The second kappa shape index (κ2) is 9.63. The van der Waals surface area contributed by atoms with Crippen LogP contribution in [0.5, 0.6) is 0 Å². The Hall–Kier alpha value is -4.72. The van der Waals surface area contributed by atoms with Crippen molar-refractivity contribution in [2.45, 2.75) is 41.5 Å². The van der Waals surface area contributed by atoms with Gasteiger partial charge in [-0.05, 0) is 88.1 Å². The first kappa shape index (κ1) is 25.0. The third kappa shape index (κ3) is 4.14. The van der Waals surface area contributed by atoms with Gasteiger partial charge in [-0.25, -0.2) is 9.98 Å². The van der Waals surface area contributed by atoms with E-state index in [1.165, 1.54) is 10.0 Å². The summed E-state index contributed by atoms with van der Waals surface area (Å²) in [6.07, 6.45) is 0. The monoisotopic (exact) mass is 504 g/mol. The minimum absolute atomic E-state index is 0.267. The normalized spacial score (nSPS) is 17.6. The van der Waals surface area contributed by atoms with Gasteiger partial charge in [0.2, 0.25) is 0 Å². The van der Waals surface area contributed by atoms with E-state index in [4.69, 9.17) is 9.98 Å². The van der Waals surface area contributed by atoms with Crippen LogP contribution in [0.4, 0.5) is 22.7 Å². The van der Waals surface area contributed by atoms with Crippen LogP contribution in [-0.4, -0.2) is 34.7 Å². The molecule has 2 aliphatic rings. The molecule has 3 aromatic rings. The van der Waals surface area contributed by atoms with Crippen molar-refractivity contribution in [1.82, 2.24) is 0 Å². The van der Waals surface area contributed by atoms with Crippen molar-refractivity contribution in [2.24, 2.45) is 20.2 Å². The summed E-state index contributed by atoms with van der Waals surface area (Å²) in [6, 6.07) is 18.6. The molecular formula is C30H28N6O2. The van der Waals surface area contributed by atoms with Gasteiger partial charge in [-0.3, -0.25) is 9.59 Å². The van der Waals surface area contributed by atoms with Crippen molar-refractivity contribution in [3.05, 3.63) is 82.9 Å². The first-order valence-corrected chi connectivity index (χ1v) is 12.4. The molecule has 0 aliphatic carbocycles. The molecule has 3 aromatic carbocycles. The number of anilines is 2. The van der Waals surface area contributed by atoms with Gasteiger partial charge >= 0.3 is 0 Å². The molecule has 2 heterocycles. The van der Waals surface area contributed by atoms with Crippen LogP contribution < -0.4 is 10.0 Å². The highest BCUT2D eigenvalue weighted by molar-refractivity contribution is 6.72.